The van der Waals surface area contributed by atoms with E-state index in [-0.39, 0.29) is 0 Å². The SMILES string of the molecule is C=Cc1ccc(OCCc2ccc(N(c3ccc(CCOc4ccc(C=C)cc4)cc3)c3ccc(C)c(C)c3)cc2)cc1. The molecule has 0 N–H and O–H groups in total. The first-order chi connectivity index (χ1) is 21.0. The van der Waals surface area contributed by atoms with E-state index in [9.17, 15) is 0 Å². The highest BCUT2D eigenvalue weighted by molar-refractivity contribution is 5.77. The Morgan fingerprint density at radius 3 is 1.33 bits per heavy atom. The number of ether oxygens (including phenoxy) is 2. The molecule has 43 heavy (non-hydrogen) atoms. The standard InChI is InChI=1S/C40H39NO2/c1-5-32-12-21-39(22-13-32)42-27-25-34-8-17-36(18-9-34)41(38-16-7-30(3)31(4)29-38)37-19-10-35(11-20-37)26-28-43-40-23-14-33(6-2)15-24-40/h5-24,29H,1-2,25-28H2,3-4H3. The maximum Gasteiger partial charge on any atom is 0.119 e. The van der Waals surface area contributed by atoms with Crippen LogP contribution in [0.3, 0.4) is 0 Å². The molecule has 0 bridgehead atoms. The van der Waals surface area contributed by atoms with Gasteiger partial charge >= 0.3 is 0 Å². The van der Waals surface area contributed by atoms with E-state index in [1.807, 2.05) is 60.7 Å². The molecular weight excluding hydrogens is 526 g/mol. The van der Waals surface area contributed by atoms with Crippen molar-refractivity contribution in [2.75, 3.05) is 18.1 Å². The van der Waals surface area contributed by atoms with Gasteiger partial charge in [0.25, 0.3) is 0 Å². The highest BCUT2D eigenvalue weighted by Crippen LogP contribution is 2.35. The van der Waals surface area contributed by atoms with Gasteiger partial charge in [0, 0.05) is 29.9 Å². The van der Waals surface area contributed by atoms with Crippen LogP contribution in [0, 0.1) is 13.8 Å². The molecule has 0 saturated carbocycles. The summed E-state index contributed by atoms with van der Waals surface area (Å²) in [5, 5.41) is 0. The maximum atomic E-state index is 5.97. The van der Waals surface area contributed by atoms with E-state index in [1.54, 1.807) is 0 Å². The van der Waals surface area contributed by atoms with Gasteiger partial charge in [0.1, 0.15) is 11.5 Å². The zero-order valence-corrected chi connectivity index (χ0v) is 25.1. The molecule has 0 aliphatic carbocycles. The molecule has 0 unspecified atom stereocenters. The zero-order chi connectivity index (χ0) is 30.0. The molecule has 3 heteroatoms. The van der Waals surface area contributed by atoms with Crippen molar-refractivity contribution in [2.45, 2.75) is 26.7 Å². The molecule has 3 nitrogen and oxygen atoms in total. The van der Waals surface area contributed by atoms with Crippen molar-refractivity contribution < 1.29 is 9.47 Å². The van der Waals surface area contributed by atoms with E-state index in [2.05, 4.69) is 98.6 Å². The molecule has 0 aliphatic heterocycles. The van der Waals surface area contributed by atoms with Crippen LogP contribution in [0.2, 0.25) is 0 Å². The average molecular weight is 566 g/mol. The predicted molar refractivity (Wildman–Crippen MR) is 182 cm³/mol. The molecule has 0 aromatic heterocycles. The molecule has 5 rings (SSSR count). The van der Waals surface area contributed by atoms with Crippen LogP contribution in [-0.4, -0.2) is 13.2 Å². The summed E-state index contributed by atoms with van der Waals surface area (Å²) in [6, 6.07) is 40.2. The van der Waals surface area contributed by atoms with Crippen molar-refractivity contribution in [3.8, 4) is 11.5 Å². The summed E-state index contributed by atoms with van der Waals surface area (Å²) in [4.78, 5) is 2.31. The first kappa shape index (κ1) is 29.5. The van der Waals surface area contributed by atoms with Crippen LogP contribution >= 0.6 is 0 Å². The van der Waals surface area contributed by atoms with Crippen LogP contribution in [0.15, 0.2) is 128 Å². The molecule has 0 saturated heterocycles. The maximum absolute atomic E-state index is 5.97. The third-order valence-electron chi connectivity index (χ3n) is 7.69. The smallest absolute Gasteiger partial charge is 0.119 e. The highest BCUT2D eigenvalue weighted by Gasteiger charge is 2.13. The van der Waals surface area contributed by atoms with Gasteiger partial charge in [-0.1, -0.05) is 79.9 Å². The number of rotatable bonds is 13. The Hall–Kier alpha value is -5.02. The fourth-order valence-corrected chi connectivity index (χ4v) is 4.91. The second-order valence-electron chi connectivity index (χ2n) is 10.7. The van der Waals surface area contributed by atoms with Crippen LogP contribution in [0.5, 0.6) is 11.5 Å². The monoisotopic (exact) mass is 565 g/mol. The molecule has 5 aromatic rings. The van der Waals surface area contributed by atoms with Crippen LogP contribution in [-0.2, 0) is 12.8 Å². The third-order valence-corrected chi connectivity index (χ3v) is 7.69. The number of nitrogens with zero attached hydrogens (tertiary/aromatic N) is 1. The lowest BCUT2D eigenvalue weighted by Gasteiger charge is -2.26. The summed E-state index contributed by atoms with van der Waals surface area (Å²) in [6.07, 6.45) is 5.34. The molecule has 0 amide bonds. The normalized spacial score (nSPS) is 10.7. The van der Waals surface area contributed by atoms with Crippen molar-refractivity contribution in [1.82, 2.24) is 0 Å². The molecule has 0 fully saturated rings. The number of hydrogen-bond donors (Lipinski definition) is 0. The first-order valence-corrected chi connectivity index (χ1v) is 14.8. The Balaban J connectivity index is 1.27. The lowest BCUT2D eigenvalue weighted by Crippen LogP contribution is -2.11. The Bertz CT molecular complexity index is 1530. The number of benzene rings is 5. The fourth-order valence-electron chi connectivity index (χ4n) is 4.91. The van der Waals surface area contributed by atoms with Gasteiger partial charge in [0.05, 0.1) is 13.2 Å². The minimum atomic E-state index is 0.624. The average Bonchev–Trinajstić information content (AvgIpc) is 3.05. The van der Waals surface area contributed by atoms with Gasteiger partial charge in [0.2, 0.25) is 0 Å². The minimum absolute atomic E-state index is 0.624. The van der Waals surface area contributed by atoms with Crippen LogP contribution in [0.4, 0.5) is 17.1 Å². The van der Waals surface area contributed by atoms with E-state index >= 15 is 0 Å². The van der Waals surface area contributed by atoms with Gasteiger partial charge in [0.15, 0.2) is 0 Å². The largest absolute Gasteiger partial charge is 0.493 e. The van der Waals surface area contributed by atoms with Crippen molar-refractivity contribution in [3.63, 3.8) is 0 Å². The molecule has 0 heterocycles. The summed E-state index contributed by atoms with van der Waals surface area (Å²) >= 11 is 0. The van der Waals surface area contributed by atoms with Crippen LogP contribution in [0.25, 0.3) is 12.2 Å². The quantitative estimate of drug-likeness (QED) is 0.142. The molecule has 0 aliphatic rings. The van der Waals surface area contributed by atoms with Crippen LogP contribution in [0.1, 0.15) is 33.4 Å². The molecule has 5 aromatic carbocycles. The van der Waals surface area contributed by atoms with Gasteiger partial charge in [-0.3, -0.25) is 0 Å². The molecule has 216 valence electrons. The first-order valence-electron chi connectivity index (χ1n) is 14.8. The highest BCUT2D eigenvalue weighted by atomic mass is 16.5. The van der Waals surface area contributed by atoms with Crippen molar-refractivity contribution in [2.24, 2.45) is 0 Å². The lowest BCUT2D eigenvalue weighted by molar-refractivity contribution is 0.322. The minimum Gasteiger partial charge on any atom is -0.493 e. The van der Waals surface area contributed by atoms with E-state index < -0.39 is 0 Å². The summed E-state index contributed by atoms with van der Waals surface area (Å²) in [7, 11) is 0. The Morgan fingerprint density at radius 2 is 0.930 bits per heavy atom. The second kappa shape index (κ2) is 14.2. The zero-order valence-electron chi connectivity index (χ0n) is 25.1. The molecule has 0 spiro atoms. The Morgan fingerprint density at radius 1 is 0.512 bits per heavy atom. The van der Waals surface area contributed by atoms with Gasteiger partial charge in [-0.25, -0.2) is 0 Å². The summed E-state index contributed by atoms with van der Waals surface area (Å²) in [5.74, 6) is 1.75. The van der Waals surface area contributed by atoms with Gasteiger partial charge in [-0.15, -0.1) is 0 Å². The number of anilines is 3. The van der Waals surface area contributed by atoms with Crippen molar-refractivity contribution >= 4 is 29.2 Å². The summed E-state index contributed by atoms with van der Waals surface area (Å²) in [6.45, 7) is 13.2. The van der Waals surface area contributed by atoms with Crippen LogP contribution < -0.4 is 14.4 Å². The van der Waals surface area contributed by atoms with Gasteiger partial charge in [-0.2, -0.15) is 0 Å². The van der Waals surface area contributed by atoms with Crippen molar-refractivity contribution in [3.05, 3.63) is 162 Å². The second-order valence-corrected chi connectivity index (χ2v) is 10.7. The van der Waals surface area contributed by atoms with E-state index in [0.717, 1.165) is 52.5 Å². The van der Waals surface area contributed by atoms with E-state index in [1.165, 1.54) is 22.3 Å². The topological polar surface area (TPSA) is 21.7 Å². The fraction of sp³-hybridized carbons (Fsp3) is 0.150. The molecular formula is C40H39NO2. The van der Waals surface area contributed by atoms with Gasteiger partial charge in [-0.05, 0) is 108 Å². The summed E-state index contributed by atoms with van der Waals surface area (Å²) in [5.41, 5.74) is 10.6. The third kappa shape index (κ3) is 7.84. The predicted octanol–water partition coefficient (Wildman–Crippen LogP) is 10.3. The Labute approximate surface area is 256 Å². The lowest BCUT2D eigenvalue weighted by atomic mass is 10.1. The van der Waals surface area contributed by atoms with Crippen molar-refractivity contribution in [1.29, 1.82) is 0 Å². The van der Waals surface area contributed by atoms with E-state index in [0.29, 0.717) is 13.2 Å². The number of hydrogen-bond acceptors (Lipinski definition) is 3. The Kier molecular flexibility index (Phi) is 9.76. The van der Waals surface area contributed by atoms with Gasteiger partial charge < -0.3 is 14.4 Å². The summed E-state index contributed by atoms with van der Waals surface area (Å²) < 4.78 is 11.9. The molecule has 0 atom stereocenters. The number of aryl methyl sites for hydroxylation is 2. The van der Waals surface area contributed by atoms with E-state index in [4.69, 9.17) is 9.47 Å². The molecule has 0 radical (unpaired) electrons.